The van der Waals surface area contributed by atoms with Crippen molar-refractivity contribution in [3.05, 3.63) is 35.4 Å². The van der Waals surface area contributed by atoms with E-state index in [1.165, 1.54) is 20.0 Å². The van der Waals surface area contributed by atoms with Gasteiger partial charge in [0.1, 0.15) is 0 Å². The number of hydrogen-bond donors (Lipinski definition) is 1. The van der Waals surface area contributed by atoms with Crippen molar-refractivity contribution in [3.8, 4) is 0 Å². The van der Waals surface area contributed by atoms with Gasteiger partial charge in [-0.15, -0.1) is 0 Å². The Hall–Kier alpha value is -1.39. The summed E-state index contributed by atoms with van der Waals surface area (Å²) in [6.45, 7) is 1.73. The van der Waals surface area contributed by atoms with E-state index in [1.807, 2.05) is 24.3 Å². The summed E-state index contributed by atoms with van der Waals surface area (Å²) in [5.74, 6) is 0.427. The number of carbonyl (C=O) groups excluding carboxylic acids is 1. The van der Waals surface area contributed by atoms with Crippen molar-refractivity contribution in [2.45, 2.75) is 25.0 Å². The average Bonchev–Trinajstić information content (AvgIpc) is 3.28. The van der Waals surface area contributed by atoms with Crippen LogP contribution in [0.25, 0.3) is 0 Å². The molecule has 102 valence electrons. The minimum Gasteiger partial charge on any atom is -0.467 e. The van der Waals surface area contributed by atoms with E-state index in [2.05, 4.69) is 5.32 Å². The fourth-order valence-electron chi connectivity index (χ4n) is 2.66. The smallest absolute Gasteiger partial charge is 0.333 e. The Morgan fingerprint density at radius 1 is 1.47 bits per heavy atom. The molecular weight excluding hydrogens is 242 g/mol. The van der Waals surface area contributed by atoms with Crippen molar-refractivity contribution in [3.63, 3.8) is 0 Å². The maximum Gasteiger partial charge on any atom is 0.333 e. The van der Waals surface area contributed by atoms with E-state index in [-0.39, 0.29) is 5.97 Å². The second-order valence-corrected chi connectivity index (χ2v) is 5.37. The van der Waals surface area contributed by atoms with Gasteiger partial charge in [-0.2, -0.15) is 0 Å². The first-order valence-electron chi connectivity index (χ1n) is 6.76. The number of hydrogen-bond acceptors (Lipinski definition) is 4. The average molecular weight is 261 g/mol. The van der Waals surface area contributed by atoms with E-state index < -0.39 is 5.54 Å². The lowest BCUT2D eigenvalue weighted by molar-refractivity contribution is -0.154. The summed E-state index contributed by atoms with van der Waals surface area (Å²) in [4.78, 5) is 12.3. The van der Waals surface area contributed by atoms with Crippen LogP contribution in [0.4, 0.5) is 0 Å². The Labute approximate surface area is 113 Å². The summed E-state index contributed by atoms with van der Waals surface area (Å²) in [5.41, 5.74) is 1.21. The van der Waals surface area contributed by atoms with Crippen LogP contribution in [0.1, 0.15) is 24.0 Å². The first-order valence-corrected chi connectivity index (χ1v) is 6.76. The van der Waals surface area contributed by atoms with Gasteiger partial charge in [0.05, 0.1) is 20.3 Å². The monoisotopic (exact) mass is 261 g/mol. The lowest BCUT2D eigenvalue weighted by Gasteiger charge is -2.37. The molecule has 0 amide bonds. The van der Waals surface area contributed by atoms with Gasteiger partial charge in [-0.3, -0.25) is 5.32 Å². The number of benzene rings is 1. The topological polar surface area (TPSA) is 47.6 Å². The van der Waals surface area contributed by atoms with Gasteiger partial charge in [0.2, 0.25) is 0 Å². The van der Waals surface area contributed by atoms with Gasteiger partial charge in [-0.25, -0.2) is 4.79 Å². The predicted octanol–water partition coefficient (Wildman–Crippen LogP) is 1.58. The molecule has 2 aliphatic rings. The lowest BCUT2D eigenvalue weighted by atomic mass is 9.85. The molecule has 0 spiro atoms. The summed E-state index contributed by atoms with van der Waals surface area (Å²) in [7, 11) is 1.43. The molecule has 3 rings (SSSR count). The Morgan fingerprint density at radius 2 is 2.26 bits per heavy atom. The molecule has 0 radical (unpaired) electrons. The van der Waals surface area contributed by atoms with Gasteiger partial charge in [0.15, 0.2) is 5.54 Å². The standard InChI is InChI=1S/C15H19NO3/c1-18-14(17)15(16-8-11-6-7-11)10-19-9-12-4-2-3-5-13(12)15/h2-5,11,16H,6-10H2,1H3. The molecule has 0 saturated heterocycles. The van der Waals surface area contributed by atoms with E-state index in [1.54, 1.807) is 0 Å². The molecule has 1 aliphatic heterocycles. The third-order valence-corrected chi connectivity index (χ3v) is 3.98. The highest BCUT2D eigenvalue weighted by molar-refractivity contribution is 5.83. The molecule has 4 nitrogen and oxygen atoms in total. The van der Waals surface area contributed by atoms with Crippen LogP contribution in [0.15, 0.2) is 24.3 Å². The second kappa shape index (κ2) is 4.94. The van der Waals surface area contributed by atoms with Crippen molar-refractivity contribution in [1.82, 2.24) is 5.32 Å². The molecule has 1 aliphatic carbocycles. The molecule has 19 heavy (non-hydrogen) atoms. The highest BCUT2D eigenvalue weighted by atomic mass is 16.5. The van der Waals surface area contributed by atoms with Crippen LogP contribution in [0.5, 0.6) is 0 Å². The molecule has 1 fully saturated rings. The summed E-state index contributed by atoms with van der Waals surface area (Å²) >= 11 is 0. The Morgan fingerprint density at radius 3 is 3.00 bits per heavy atom. The quantitative estimate of drug-likeness (QED) is 0.836. The lowest BCUT2D eigenvalue weighted by Crippen LogP contribution is -2.56. The molecule has 1 atom stereocenters. The van der Waals surface area contributed by atoms with Crippen molar-refractivity contribution >= 4 is 5.97 Å². The van der Waals surface area contributed by atoms with Crippen LogP contribution in [0.2, 0.25) is 0 Å². The van der Waals surface area contributed by atoms with Crippen LogP contribution in [0.3, 0.4) is 0 Å². The third kappa shape index (κ3) is 2.26. The first-order chi connectivity index (χ1) is 9.26. The number of esters is 1. The normalized spacial score (nSPS) is 25.7. The minimum atomic E-state index is -0.841. The third-order valence-electron chi connectivity index (χ3n) is 3.98. The molecule has 0 bridgehead atoms. The van der Waals surface area contributed by atoms with Crippen LogP contribution >= 0.6 is 0 Å². The summed E-state index contributed by atoms with van der Waals surface area (Å²) in [5, 5.41) is 3.40. The SMILES string of the molecule is COC(=O)C1(NCC2CC2)COCc2ccccc21. The predicted molar refractivity (Wildman–Crippen MR) is 70.5 cm³/mol. The molecule has 1 N–H and O–H groups in total. The van der Waals surface area contributed by atoms with Gasteiger partial charge in [0.25, 0.3) is 0 Å². The number of ether oxygens (including phenoxy) is 2. The number of nitrogens with one attached hydrogen (secondary N) is 1. The largest absolute Gasteiger partial charge is 0.467 e. The van der Waals surface area contributed by atoms with Crippen molar-refractivity contribution in [2.24, 2.45) is 5.92 Å². The molecular formula is C15H19NO3. The Kier molecular flexibility index (Phi) is 3.29. The zero-order chi connectivity index (χ0) is 13.3. The maximum absolute atomic E-state index is 12.3. The van der Waals surface area contributed by atoms with Gasteiger partial charge in [-0.1, -0.05) is 24.3 Å². The first kappa shape index (κ1) is 12.6. The van der Waals surface area contributed by atoms with Crippen LogP contribution in [0, 0.1) is 5.92 Å². The Bertz CT molecular complexity index is 484. The number of rotatable bonds is 4. The van der Waals surface area contributed by atoms with Crippen molar-refractivity contribution < 1.29 is 14.3 Å². The van der Waals surface area contributed by atoms with Crippen LogP contribution in [-0.2, 0) is 26.4 Å². The molecule has 0 aromatic heterocycles. The second-order valence-electron chi connectivity index (χ2n) is 5.37. The molecule has 4 heteroatoms. The number of methoxy groups -OCH3 is 1. The molecule has 1 saturated carbocycles. The molecule has 1 heterocycles. The van der Waals surface area contributed by atoms with Gasteiger partial charge in [-0.05, 0) is 36.4 Å². The fourth-order valence-corrected chi connectivity index (χ4v) is 2.66. The zero-order valence-electron chi connectivity index (χ0n) is 11.1. The van der Waals surface area contributed by atoms with E-state index in [0.29, 0.717) is 19.1 Å². The van der Waals surface area contributed by atoms with Crippen molar-refractivity contribution in [1.29, 1.82) is 0 Å². The summed E-state index contributed by atoms with van der Waals surface area (Å²) in [6.07, 6.45) is 2.49. The minimum absolute atomic E-state index is 0.264. The summed E-state index contributed by atoms with van der Waals surface area (Å²) in [6, 6.07) is 7.93. The van der Waals surface area contributed by atoms with Crippen LogP contribution in [-0.4, -0.2) is 26.2 Å². The maximum atomic E-state index is 12.3. The van der Waals surface area contributed by atoms with Gasteiger partial charge >= 0.3 is 5.97 Å². The van der Waals surface area contributed by atoms with Gasteiger partial charge in [0, 0.05) is 0 Å². The van der Waals surface area contributed by atoms with E-state index in [0.717, 1.165) is 17.7 Å². The van der Waals surface area contributed by atoms with E-state index in [9.17, 15) is 4.79 Å². The molecule has 1 aromatic carbocycles. The number of fused-ring (bicyclic) bond motifs is 1. The van der Waals surface area contributed by atoms with Gasteiger partial charge < -0.3 is 9.47 Å². The zero-order valence-corrected chi connectivity index (χ0v) is 11.1. The highest BCUT2D eigenvalue weighted by Gasteiger charge is 2.46. The molecule has 1 unspecified atom stereocenters. The van der Waals surface area contributed by atoms with E-state index in [4.69, 9.17) is 9.47 Å². The molecule has 1 aromatic rings. The fraction of sp³-hybridized carbons (Fsp3) is 0.533. The van der Waals surface area contributed by atoms with Crippen molar-refractivity contribution in [2.75, 3.05) is 20.3 Å². The van der Waals surface area contributed by atoms with E-state index >= 15 is 0 Å². The number of carbonyl (C=O) groups is 1. The highest BCUT2D eigenvalue weighted by Crippen LogP contribution is 2.34. The Balaban J connectivity index is 1.96. The summed E-state index contributed by atoms with van der Waals surface area (Å²) < 4.78 is 10.6. The van der Waals surface area contributed by atoms with Crippen LogP contribution < -0.4 is 5.32 Å².